The molecule has 0 amide bonds. The van der Waals surface area contributed by atoms with E-state index in [4.69, 9.17) is 5.26 Å². The predicted molar refractivity (Wildman–Crippen MR) is 73.8 cm³/mol. The number of nitrogens with zero attached hydrogens (tertiary/aromatic N) is 1. The van der Waals surface area contributed by atoms with Crippen LogP contribution in [0.2, 0.25) is 0 Å². The Morgan fingerprint density at radius 3 is 2.00 bits per heavy atom. The van der Waals surface area contributed by atoms with Crippen LogP contribution in [0.15, 0.2) is 72.6 Å². The highest BCUT2D eigenvalue weighted by molar-refractivity contribution is 5.54. The molecule has 0 aromatic heterocycles. The smallest absolute Gasteiger partial charge is 0.134 e. The zero-order chi connectivity index (χ0) is 12.6. The van der Waals surface area contributed by atoms with Gasteiger partial charge in [0.1, 0.15) is 11.8 Å². The summed E-state index contributed by atoms with van der Waals surface area (Å²) in [5.74, 6) is 0. The maximum atomic E-state index is 9.04. The summed E-state index contributed by atoms with van der Waals surface area (Å²) < 4.78 is 0. The summed E-state index contributed by atoms with van der Waals surface area (Å²) in [5.41, 5.74) is 2.30. The van der Waals surface area contributed by atoms with E-state index in [1.165, 1.54) is 0 Å². The van der Waals surface area contributed by atoms with Crippen LogP contribution in [0.3, 0.4) is 0 Å². The normalized spacial score (nSPS) is 10.5. The summed E-state index contributed by atoms with van der Waals surface area (Å²) in [5, 5.41) is 15.1. The average Bonchev–Trinajstić information content (AvgIpc) is 2.45. The van der Waals surface area contributed by atoms with Gasteiger partial charge in [0.15, 0.2) is 0 Å². The highest BCUT2D eigenvalue weighted by atomic mass is 14.9. The van der Waals surface area contributed by atoms with E-state index in [9.17, 15) is 0 Å². The van der Waals surface area contributed by atoms with Crippen LogP contribution in [0.25, 0.3) is 0 Å². The Hall–Kier alpha value is -2.73. The fourth-order valence-electron chi connectivity index (χ4n) is 1.46. The number of benzene rings is 2. The van der Waals surface area contributed by atoms with Crippen LogP contribution < -0.4 is 10.6 Å². The maximum Gasteiger partial charge on any atom is 0.134 e. The zero-order valence-corrected chi connectivity index (χ0v) is 9.80. The highest BCUT2D eigenvalue weighted by Gasteiger charge is 1.95. The fourth-order valence-corrected chi connectivity index (χ4v) is 1.46. The number of rotatable bonds is 4. The van der Waals surface area contributed by atoms with Gasteiger partial charge < -0.3 is 10.6 Å². The Balaban J connectivity index is 2.04. The summed E-state index contributed by atoms with van der Waals surface area (Å²) >= 11 is 0. The molecule has 3 nitrogen and oxygen atoms in total. The minimum Gasteiger partial charge on any atom is -0.359 e. The molecule has 0 aliphatic rings. The standard InChI is InChI=1S/C15H13N3/c16-11-15(18-14-9-5-2-6-10-14)12-17-13-7-3-1-4-8-13/h1-10,12,17-18H/b15-12+. The topological polar surface area (TPSA) is 47.9 Å². The van der Waals surface area contributed by atoms with E-state index in [-0.39, 0.29) is 0 Å². The molecule has 0 radical (unpaired) electrons. The van der Waals surface area contributed by atoms with E-state index >= 15 is 0 Å². The largest absolute Gasteiger partial charge is 0.359 e. The maximum absolute atomic E-state index is 9.04. The minimum absolute atomic E-state index is 0.463. The van der Waals surface area contributed by atoms with Gasteiger partial charge in [0, 0.05) is 17.6 Å². The van der Waals surface area contributed by atoms with E-state index in [2.05, 4.69) is 16.7 Å². The summed E-state index contributed by atoms with van der Waals surface area (Å²) in [4.78, 5) is 0. The first kappa shape index (κ1) is 11.7. The van der Waals surface area contributed by atoms with Crippen LogP contribution in [-0.2, 0) is 0 Å². The van der Waals surface area contributed by atoms with Crippen molar-refractivity contribution < 1.29 is 0 Å². The Labute approximate surface area is 106 Å². The van der Waals surface area contributed by atoms with Crippen LogP contribution in [-0.4, -0.2) is 0 Å². The lowest BCUT2D eigenvalue weighted by molar-refractivity contribution is 1.40. The van der Waals surface area contributed by atoms with Gasteiger partial charge in [-0.15, -0.1) is 0 Å². The Morgan fingerprint density at radius 2 is 1.44 bits per heavy atom. The summed E-state index contributed by atoms with van der Waals surface area (Å²) in [6.45, 7) is 0. The molecule has 2 N–H and O–H groups in total. The van der Waals surface area contributed by atoms with Crippen molar-refractivity contribution >= 4 is 11.4 Å². The monoisotopic (exact) mass is 235 g/mol. The molecule has 2 aromatic carbocycles. The molecule has 0 spiro atoms. The molecule has 18 heavy (non-hydrogen) atoms. The van der Waals surface area contributed by atoms with Crippen molar-refractivity contribution in [2.24, 2.45) is 0 Å². The van der Waals surface area contributed by atoms with Crippen molar-refractivity contribution in [1.82, 2.24) is 0 Å². The molecule has 2 aromatic rings. The first-order chi connectivity index (χ1) is 8.88. The lowest BCUT2D eigenvalue weighted by Crippen LogP contribution is -2.00. The third-order valence-electron chi connectivity index (χ3n) is 2.33. The van der Waals surface area contributed by atoms with Gasteiger partial charge in [0.05, 0.1) is 0 Å². The molecule has 88 valence electrons. The number of hydrogen-bond acceptors (Lipinski definition) is 3. The summed E-state index contributed by atoms with van der Waals surface area (Å²) in [6.07, 6.45) is 1.66. The third-order valence-corrected chi connectivity index (χ3v) is 2.33. The van der Waals surface area contributed by atoms with Crippen LogP contribution in [0.4, 0.5) is 11.4 Å². The number of nitriles is 1. The molecule has 0 saturated carbocycles. The van der Waals surface area contributed by atoms with Gasteiger partial charge in [-0.3, -0.25) is 0 Å². The second-order valence-corrected chi connectivity index (χ2v) is 3.67. The number of para-hydroxylation sites is 2. The number of nitrogens with one attached hydrogen (secondary N) is 2. The van der Waals surface area contributed by atoms with E-state index in [1.54, 1.807) is 6.20 Å². The molecule has 0 aliphatic heterocycles. The molecular formula is C15H13N3. The third kappa shape index (κ3) is 3.39. The Bertz CT molecular complexity index is 553. The van der Waals surface area contributed by atoms with Gasteiger partial charge in [-0.25, -0.2) is 0 Å². The molecule has 3 heteroatoms. The second-order valence-electron chi connectivity index (χ2n) is 3.67. The molecule has 0 unspecified atom stereocenters. The molecule has 0 heterocycles. The molecule has 2 rings (SSSR count). The lowest BCUT2D eigenvalue weighted by atomic mass is 10.3. The van der Waals surface area contributed by atoms with E-state index in [0.29, 0.717) is 5.70 Å². The molecule has 0 fully saturated rings. The fraction of sp³-hybridized carbons (Fsp3) is 0. The van der Waals surface area contributed by atoms with E-state index in [0.717, 1.165) is 11.4 Å². The average molecular weight is 235 g/mol. The molecule has 0 aliphatic carbocycles. The van der Waals surface area contributed by atoms with Crippen molar-refractivity contribution in [3.8, 4) is 6.07 Å². The highest BCUT2D eigenvalue weighted by Crippen LogP contribution is 2.10. The van der Waals surface area contributed by atoms with Gasteiger partial charge in [0.25, 0.3) is 0 Å². The van der Waals surface area contributed by atoms with Crippen LogP contribution in [0.1, 0.15) is 0 Å². The molecule has 0 saturated heterocycles. The van der Waals surface area contributed by atoms with Crippen LogP contribution in [0, 0.1) is 11.3 Å². The summed E-state index contributed by atoms with van der Waals surface area (Å²) in [6, 6.07) is 21.4. The van der Waals surface area contributed by atoms with Gasteiger partial charge in [-0.2, -0.15) is 5.26 Å². The minimum atomic E-state index is 0.463. The summed E-state index contributed by atoms with van der Waals surface area (Å²) in [7, 11) is 0. The SMILES string of the molecule is N#C/C(=C\Nc1ccccc1)Nc1ccccc1. The zero-order valence-electron chi connectivity index (χ0n) is 9.80. The molecular weight excluding hydrogens is 222 g/mol. The van der Waals surface area contributed by atoms with Gasteiger partial charge >= 0.3 is 0 Å². The van der Waals surface area contributed by atoms with Gasteiger partial charge in [-0.05, 0) is 24.3 Å². The first-order valence-electron chi connectivity index (χ1n) is 5.62. The van der Waals surface area contributed by atoms with E-state index in [1.807, 2.05) is 60.7 Å². The first-order valence-corrected chi connectivity index (χ1v) is 5.62. The van der Waals surface area contributed by atoms with Crippen molar-refractivity contribution in [1.29, 1.82) is 5.26 Å². The van der Waals surface area contributed by atoms with Crippen molar-refractivity contribution in [3.05, 3.63) is 72.6 Å². The lowest BCUT2D eigenvalue weighted by Gasteiger charge is -2.05. The Kier molecular flexibility index (Phi) is 3.99. The quantitative estimate of drug-likeness (QED) is 0.796. The van der Waals surface area contributed by atoms with Crippen molar-refractivity contribution in [2.45, 2.75) is 0 Å². The number of allylic oxidation sites excluding steroid dienone is 1. The second kappa shape index (κ2) is 6.12. The van der Waals surface area contributed by atoms with Crippen molar-refractivity contribution in [3.63, 3.8) is 0 Å². The number of anilines is 2. The number of hydrogen-bond donors (Lipinski definition) is 2. The van der Waals surface area contributed by atoms with Gasteiger partial charge in [-0.1, -0.05) is 36.4 Å². The van der Waals surface area contributed by atoms with Crippen molar-refractivity contribution in [2.75, 3.05) is 10.6 Å². The molecule has 0 bridgehead atoms. The van der Waals surface area contributed by atoms with Gasteiger partial charge in [0.2, 0.25) is 0 Å². The molecule has 0 atom stereocenters. The van der Waals surface area contributed by atoms with E-state index < -0.39 is 0 Å². The Morgan fingerprint density at radius 1 is 0.889 bits per heavy atom. The van der Waals surface area contributed by atoms with Crippen LogP contribution >= 0.6 is 0 Å². The van der Waals surface area contributed by atoms with Crippen LogP contribution in [0.5, 0.6) is 0 Å². The predicted octanol–water partition coefficient (Wildman–Crippen LogP) is 3.58.